The molecule has 160 valence electrons. The SMILES string of the molecule is CN(CCCNC(=O)C1CCN(c2ccccc2[N+](=O)[O-])CC1)c1ccccc1F. The van der Waals surface area contributed by atoms with Crippen LogP contribution in [0.1, 0.15) is 19.3 Å². The number of piperidine rings is 1. The summed E-state index contributed by atoms with van der Waals surface area (Å²) in [4.78, 5) is 27.2. The smallest absolute Gasteiger partial charge is 0.292 e. The van der Waals surface area contributed by atoms with E-state index in [0.29, 0.717) is 56.8 Å². The number of nitro groups is 1. The highest BCUT2D eigenvalue weighted by atomic mass is 19.1. The molecular formula is C22H27FN4O3. The molecule has 0 bridgehead atoms. The van der Waals surface area contributed by atoms with E-state index in [1.54, 1.807) is 36.4 Å². The summed E-state index contributed by atoms with van der Waals surface area (Å²) in [5, 5.41) is 14.2. The molecule has 1 aliphatic rings. The fourth-order valence-electron chi connectivity index (χ4n) is 3.82. The number of hydrogen-bond acceptors (Lipinski definition) is 5. The molecule has 8 heteroatoms. The van der Waals surface area contributed by atoms with E-state index in [-0.39, 0.29) is 28.3 Å². The van der Waals surface area contributed by atoms with Crippen molar-refractivity contribution in [2.24, 2.45) is 5.92 Å². The van der Waals surface area contributed by atoms with Crippen LogP contribution in [0.4, 0.5) is 21.5 Å². The predicted molar refractivity (Wildman–Crippen MR) is 115 cm³/mol. The van der Waals surface area contributed by atoms with Crippen molar-refractivity contribution in [2.45, 2.75) is 19.3 Å². The number of nitrogens with one attached hydrogen (secondary N) is 1. The quantitative estimate of drug-likeness (QED) is 0.406. The topological polar surface area (TPSA) is 78.7 Å². The van der Waals surface area contributed by atoms with Gasteiger partial charge in [-0.3, -0.25) is 14.9 Å². The van der Waals surface area contributed by atoms with E-state index >= 15 is 0 Å². The van der Waals surface area contributed by atoms with Gasteiger partial charge in [-0.2, -0.15) is 0 Å². The first-order chi connectivity index (χ1) is 14.5. The lowest BCUT2D eigenvalue weighted by Gasteiger charge is -2.32. The Morgan fingerprint density at radius 2 is 1.87 bits per heavy atom. The molecule has 7 nitrogen and oxygen atoms in total. The number of anilines is 2. The zero-order valence-corrected chi connectivity index (χ0v) is 17.1. The van der Waals surface area contributed by atoms with Gasteiger partial charge >= 0.3 is 0 Å². The zero-order chi connectivity index (χ0) is 21.5. The van der Waals surface area contributed by atoms with E-state index in [1.165, 1.54) is 12.1 Å². The fourth-order valence-corrected chi connectivity index (χ4v) is 3.82. The van der Waals surface area contributed by atoms with Crippen LogP contribution in [0.3, 0.4) is 0 Å². The van der Waals surface area contributed by atoms with Gasteiger partial charge in [-0.15, -0.1) is 0 Å². The molecule has 30 heavy (non-hydrogen) atoms. The summed E-state index contributed by atoms with van der Waals surface area (Å²) < 4.78 is 13.8. The van der Waals surface area contributed by atoms with Gasteiger partial charge in [0.25, 0.3) is 5.69 Å². The Hall–Kier alpha value is -3.16. The van der Waals surface area contributed by atoms with E-state index < -0.39 is 0 Å². The van der Waals surface area contributed by atoms with Crippen molar-refractivity contribution in [3.05, 3.63) is 64.5 Å². The van der Waals surface area contributed by atoms with Crippen molar-refractivity contribution in [1.82, 2.24) is 5.32 Å². The summed E-state index contributed by atoms with van der Waals surface area (Å²) in [5.74, 6) is -0.325. The number of amides is 1. The minimum atomic E-state index is -0.369. The molecule has 0 unspecified atom stereocenters. The molecule has 1 heterocycles. The van der Waals surface area contributed by atoms with Crippen LogP contribution in [0.15, 0.2) is 48.5 Å². The van der Waals surface area contributed by atoms with Crippen molar-refractivity contribution < 1.29 is 14.1 Å². The maximum absolute atomic E-state index is 13.8. The third kappa shape index (κ3) is 5.25. The van der Waals surface area contributed by atoms with Crippen molar-refractivity contribution >= 4 is 23.0 Å². The second-order valence-electron chi connectivity index (χ2n) is 7.52. The monoisotopic (exact) mass is 414 g/mol. The minimum absolute atomic E-state index is 0.0192. The Balaban J connectivity index is 1.42. The zero-order valence-electron chi connectivity index (χ0n) is 17.1. The largest absolute Gasteiger partial charge is 0.372 e. The summed E-state index contributed by atoms with van der Waals surface area (Å²) in [6.07, 6.45) is 2.03. The van der Waals surface area contributed by atoms with Gasteiger partial charge in [0.15, 0.2) is 0 Å². The molecule has 2 aromatic carbocycles. The van der Waals surface area contributed by atoms with Crippen LogP contribution < -0.4 is 15.1 Å². The predicted octanol–water partition coefficient (Wildman–Crippen LogP) is 3.59. The molecule has 0 radical (unpaired) electrons. The lowest BCUT2D eigenvalue weighted by atomic mass is 9.95. The average molecular weight is 414 g/mol. The summed E-state index contributed by atoms with van der Waals surface area (Å²) in [7, 11) is 1.83. The van der Waals surface area contributed by atoms with E-state index in [1.807, 2.05) is 16.8 Å². The first-order valence-electron chi connectivity index (χ1n) is 10.2. The second kappa shape index (κ2) is 10.0. The standard InChI is InChI=1S/C22H27FN4O3/c1-25(19-8-3-2-7-18(19)23)14-6-13-24-22(28)17-11-15-26(16-12-17)20-9-4-5-10-21(20)27(29)30/h2-5,7-10,17H,6,11-16H2,1H3,(H,24,28). The van der Waals surface area contributed by atoms with Crippen molar-refractivity contribution in [1.29, 1.82) is 0 Å². The maximum Gasteiger partial charge on any atom is 0.292 e. The van der Waals surface area contributed by atoms with Crippen molar-refractivity contribution in [2.75, 3.05) is 43.0 Å². The molecule has 0 aromatic heterocycles. The second-order valence-corrected chi connectivity index (χ2v) is 7.52. The first-order valence-corrected chi connectivity index (χ1v) is 10.2. The van der Waals surface area contributed by atoms with Gasteiger partial charge in [0.05, 0.1) is 10.6 Å². The minimum Gasteiger partial charge on any atom is -0.372 e. The van der Waals surface area contributed by atoms with Gasteiger partial charge in [-0.1, -0.05) is 24.3 Å². The summed E-state index contributed by atoms with van der Waals surface area (Å²) in [5.41, 5.74) is 1.25. The third-order valence-electron chi connectivity index (χ3n) is 5.52. The Labute approximate surface area is 175 Å². The number of rotatable bonds is 8. The lowest BCUT2D eigenvalue weighted by molar-refractivity contribution is -0.384. The van der Waals surface area contributed by atoms with Crippen molar-refractivity contribution in [3.63, 3.8) is 0 Å². The Morgan fingerprint density at radius 3 is 2.57 bits per heavy atom. The normalized spacial score (nSPS) is 14.4. The Bertz CT molecular complexity index is 884. The van der Waals surface area contributed by atoms with Crippen LogP contribution in [-0.2, 0) is 4.79 Å². The molecule has 1 amide bonds. The molecule has 1 aliphatic heterocycles. The summed E-state index contributed by atoms with van der Waals surface area (Å²) in [6.45, 7) is 2.39. The number of carbonyl (C=O) groups excluding carboxylic acids is 1. The number of nitro benzene ring substituents is 1. The summed E-state index contributed by atoms with van der Waals surface area (Å²) >= 11 is 0. The van der Waals surface area contributed by atoms with E-state index in [9.17, 15) is 19.3 Å². The number of hydrogen-bond donors (Lipinski definition) is 1. The molecule has 3 rings (SSSR count). The van der Waals surface area contributed by atoms with Gasteiger partial charge in [0.2, 0.25) is 5.91 Å². The average Bonchev–Trinajstić information content (AvgIpc) is 2.76. The molecule has 0 saturated carbocycles. The first kappa shape index (κ1) is 21.5. The van der Waals surface area contributed by atoms with Gasteiger partial charge in [0.1, 0.15) is 11.5 Å². The van der Waals surface area contributed by atoms with Gasteiger partial charge in [0, 0.05) is 45.2 Å². The lowest BCUT2D eigenvalue weighted by Crippen LogP contribution is -2.41. The number of para-hydroxylation sites is 3. The van der Waals surface area contributed by atoms with Crippen LogP contribution >= 0.6 is 0 Å². The fraction of sp³-hybridized carbons (Fsp3) is 0.409. The van der Waals surface area contributed by atoms with E-state index in [0.717, 1.165) is 0 Å². The molecular weight excluding hydrogens is 387 g/mol. The number of halogens is 1. The molecule has 1 saturated heterocycles. The van der Waals surface area contributed by atoms with Crippen LogP contribution in [0.5, 0.6) is 0 Å². The van der Waals surface area contributed by atoms with Gasteiger partial charge in [-0.05, 0) is 37.5 Å². The van der Waals surface area contributed by atoms with Crippen LogP contribution in [0.2, 0.25) is 0 Å². The van der Waals surface area contributed by atoms with E-state index in [4.69, 9.17) is 0 Å². The molecule has 0 aliphatic carbocycles. The molecule has 0 spiro atoms. The highest BCUT2D eigenvalue weighted by Crippen LogP contribution is 2.31. The third-order valence-corrected chi connectivity index (χ3v) is 5.52. The van der Waals surface area contributed by atoms with Crippen molar-refractivity contribution in [3.8, 4) is 0 Å². The Morgan fingerprint density at radius 1 is 1.20 bits per heavy atom. The number of carbonyl (C=O) groups is 1. The molecule has 2 aromatic rings. The van der Waals surface area contributed by atoms with Crippen LogP contribution in [-0.4, -0.2) is 44.1 Å². The number of nitrogens with zero attached hydrogens (tertiary/aromatic N) is 3. The Kier molecular flexibility index (Phi) is 7.21. The highest BCUT2D eigenvalue weighted by Gasteiger charge is 2.27. The molecule has 1 N–H and O–H groups in total. The number of benzene rings is 2. The van der Waals surface area contributed by atoms with Gasteiger partial charge < -0.3 is 15.1 Å². The molecule has 0 atom stereocenters. The van der Waals surface area contributed by atoms with Crippen LogP contribution in [0, 0.1) is 21.8 Å². The van der Waals surface area contributed by atoms with Gasteiger partial charge in [-0.25, -0.2) is 4.39 Å². The van der Waals surface area contributed by atoms with E-state index in [2.05, 4.69) is 5.32 Å². The highest BCUT2D eigenvalue weighted by molar-refractivity contribution is 5.79. The molecule has 1 fully saturated rings. The maximum atomic E-state index is 13.8. The summed E-state index contributed by atoms with van der Waals surface area (Å²) in [6, 6.07) is 13.3. The van der Waals surface area contributed by atoms with Crippen LogP contribution in [0.25, 0.3) is 0 Å².